The number of aryl methyl sites for hydroxylation is 1. The molecule has 0 aromatic heterocycles. The maximum absolute atomic E-state index is 11.8. The predicted molar refractivity (Wildman–Crippen MR) is 71.8 cm³/mol. The molecular formula is C11H13BrN2OS. The lowest BCUT2D eigenvalue weighted by molar-refractivity contribution is -0.117. The van der Waals surface area contributed by atoms with Crippen LogP contribution < -0.4 is 10.6 Å². The van der Waals surface area contributed by atoms with Gasteiger partial charge < -0.3 is 5.32 Å². The van der Waals surface area contributed by atoms with Crippen molar-refractivity contribution in [3.63, 3.8) is 0 Å². The summed E-state index contributed by atoms with van der Waals surface area (Å²) in [7, 11) is 0. The predicted octanol–water partition coefficient (Wildman–Crippen LogP) is 2.36. The van der Waals surface area contributed by atoms with Crippen LogP contribution in [0.15, 0.2) is 22.7 Å². The van der Waals surface area contributed by atoms with Gasteiger partial charge in [0.25, 0.3) is 0 Å². The third kappa shape index (κ3) is 2.78. The highest BCUT2D eigenvalue weighted by Gasteiger charge is 2.22. The fraction of sp³-hybridized carbons (Fsp3) is 0.364. The Kier molecular flexibility index (Phi) is 3.89. The zero-order chi connectivity index (χ0) is 11.5. The summed E-state index contributed by atoms with van der Waals surface area (Å²) in [6.07, 6.45) is 0. The van der Waals surface area contributed by atoms with Gasteiger partial charge in [-0.3, -0.25) is 10.1 Å². The fourth-order valence-corrected chi connectivity index (χ4v) is 2.70. The Morgan fingerprint density at radius 3 is 3.06 bits per heavy atom. The van der Waals surface area contributed by atoms with Gasteiger partial charge in [-0.05, 0) is 30.7 Å². The molecule has 2 rings (SSSR count). The van der Waals surface area contributed by atoms with Crippen molar-refractivity contribution in [2.24, 2.45) is 0 Å². The molecule has 0 radical (unpaired) electrons. The van der Waals surface area contributed by atoms with E-state index in [-0.39, 0.29) is 11.9 Å². The molecule has 1 aliphatic heterocycles. The first-order chi connectivity index (χ1) is 7.66. The van der Waals surface area contributed by atoms with Crippen LogP contribution >= 0.6 is 27.7 Å². The van der Waals surface area contributed by atoms with Crippen molar-refractivity contribution in [2.75, 3.05) is 16.9 Å². The lowest BCUT2D eigenvalue weighted by Gasteiger charge is -2.11. The maximum Gasteiger partial charge on any atom is 0.242 e. The smallest absolute Gasteiger partial charge is 0.242 e. The van der Waals surface area contributed by atoms with Gasteiger partial charge in [0.2, 0.25) is 5.91 Å². The van der Waals surface area contributed by atoms with Crippen LogP contribution in [0.3, 0.4) is 0 Å². The van der Waals surface area contributed by atoms with Gasteiger partial charge in [0.15, 0.2) is 0 Å². The SMILES string of the molecule is Cc1cc(NC(=O)C2CSCN2)ccc1Br. The number of nitrogens with one attached hydrogen (secondary N) is 2. The third-order valence-electron chi connectivity index (χ3n) is 2.46. The van der Waals surface area contributed by atoms with Gasteiger partial charge in [0, 0.05) is 21.8 Å². The quantitative estimate of drug-likeness (QED) is 0.881. The molecule has 1 aliphatic rings. The van der Waals surface area contributed by atoms with E-state index in [9.17, 15) is 4.79 Å². The molecule has 1 amide bonds. The van der Waals surface area contributed by atoms with E-state index in [1.54, 1.807) is 11.8 Å². The molecule has 86 valence electrons. The zero-order valence-electron chi connectivity index (χ0n) is 8.92. The van der Waals surface area contributed by atoms with Crippen molar-refractivity contribution < 1.29 is 4.79 Å². The Labute approximate surface area is 108 Å². The van der Waals surface area contributed by atoms with Crippen LogP contribution in [0.4, 0.5) is 5.69 Å². The molecule has 16 heavy (non-hydrogen) atoms. The van der Waals surface area contributed by atoms with Gasteiger partial charge in [-0.25, -0.2) is 0 Å². The average molecular weight is 301 g/mol. The van der Waals surface area contributed by atoms with E-state index in [2.05, 4.69) is 26.6 Å². The number of carbonyl (C=O) groups excluding carboxylic acids is 1. The van der Waals surface area contributed by atoms with E-state index >= 15 is 0 Å². The van der Waals surface area contributed by atoms with Crippen molar-refractivity contribution in [2.45, 2.75) is 13.0 Å². The Bertz CT molecular complexity index is 405. The fourth-order valence-electron chi connectivity index (χ4n) is 1.52. The summed E-state index contributed by atoms with van der Waals surface area (Å²) >= 11 is 5.18. The van der Waals surface area contributed by atoms with Crippen molar-refractivity contribution >= 4 is 39.3 Å². The number of amides is 1. The van der Waals surface area contributed by atoms with Crippen LogP contribution in [0.1, 0.15) is 5.56 Å². The molecule has 3 nitrogen and oxygen atoms in total. The zero-order valence-corrected chi connectivity index (χ0v) is 11.3. The molecule has 0 spiro atoms. The summed E-state index contributed by atoms with van der Waals surface area (Å²) in [5, 5.41) is 6.06. The van der Waals surface area contributed by atoms with Crippen molar-refractivity contribution in [1.29, 1.82) is 0 Å². The number of anilines is 1. The first kappa shape index (κ1) is 12.0. The van der Waals surface area contributed by atoms with E-state index in [1.165, 1.54) is 0 Å². The van der Waals surface area contributed by atoms with Crippen molar-refractivity contribution in [1.82, 2.24) is 5.32 Å². The molecule has 1 aromatic rings. The summed E-state index contributed by atoms with van der Waals surface area (Å²) in [4.78, 5) is 11.8. The molecular weight excluding hydrogens is 288 g/mol. The molecule has 0 bridgehead atoms. The summed E-state index contributed by atoms with van der Waals surface area (Å²) in [5.74, 6) is 1.76. The number of halogens is 1. The maximum atomic E-state index is 11.8. The van der Waals surface area contributed by atoms with Gasteiger partial charge in [-0.15, -0.1) is 11.8 Å². The number of hydrogen-bond acceptors (Lipinski definition) is 3. The normalized spacial score (nSPS) is 19.8. The van der Waals surface area contributed by atoms with E-state index in [1.807, 2.05) is 25.1 Å². The Morgan fingerprint density at radius 2 is 2.44 bits per heavy atom. The first-order valence-electron chi connectivity index (χ1n) is 5.05. The lowest BCUT2D eigenvalue weighted by atomic mass is 10.2. The van der Waals surface area contributed by atoms with Crippen LogP contribution in [0.25, 0.3) is 0 Å². The molecule has 1 aromatic carbocycles. The number of carbonyl (C=O) groups is 1. The molecule has 5 heteroatoms. The van der Waals surface area contributed by atoms with Crippen LogP contribution in [0.2, 0.25) is 0 Å². The second-order valence-electron chi connectivity index (χ2n) is 3.73. The van der Waals surface area contributed by atoms with Gasteiger partial charge >= 0.3 is 0 Å². The molecule has 2 N–H and O–H groups in total. The van der Waals surface area contributed by atoms with Crippen molar-refractivity contribution in [3.05, 3.63) is 28.2 Å². The number of hydrogen-bond donors (Lipinski definition) is 2. The molecule has 1 atom stereocenters. The van der Waals surface area contributed by atoms with Crippen molar-refractivity contribution in [3.8, 4) is 0 Å². The van der Waals surface area contributed by atoms with Crippen LogP contribution in [0, 0.1) is 6.92 Å². The molecule has 1 saturated heterocycles. The highest BCUT2D eigenvalue weighted by Crippen LogP contribution is 2.20. The largest absolute Gasteiger partial charge is 0.325 e. The monoisotopic (exact) mass is 300 g/mol. The van der Waals surface area contributed by atoms with Gasteiger partial charge in [-0.1, -0.05) is 15.9 Å². The molecule has 1 unspecified atom stereocenters. The van der Waals surface area contributed by atoms with Gasteiger partial charge in [0.1, 0.15) is 0 Å². The third-order valence-corrected chi connectivity index (χ3v) is 4.29. The van der Waals surface area contributed by atoms with E-state index in [4.69, 9.17) is 0 Å². The molecule has 0 aliphatic carbocycles. The van der Waals surface area contributed by atoms with Gasteiger partial charge in [-0.2, -0.15) is 0 Å². The number of thioether (sulfide) groups is 1. The summed E-state index contributed by atoms with van der Waals surface area (Å²) in [5.41, 5.74) is 1.97. The topological polar surface area (TPSA) is 41.1 Å². The summed E-state index contributed by atoms with van der Waals surface area (Å²) < 4.78 is 1.06. The standard InChI is InChI=1S/C11H13BrN2OS/c1-7-4-8(2-3-9(7)12)14-11(15)10-5-16-6-13-10/h2-4,10,13H,5-6H2,1H3,(H,14,15). The van der Waals surface area contributed by atoms with E-state index in [0.717, 1.165) is 27.4 Å². The Hall–Kier alpha value is -0.520. The summed E-state index contributed by atoms with van der Waals surface area (Å²) in [6, 6.07) is 5.75. The number of benzene rings is 1. The second-order valence-corrected chi connectivity index (χ2v) is 5.61. The lowest BCUT2D eigenvalue weighted by Crippen LogP contribution is -2.37. The van der Waals surface area contributed by atoms with Crippen LogP contribution in [-0.4, -0.2) is 23.6 Å². The van der Waals surface area contributed by atoms with Gasteiger partial charge in [0.05, 0.1) is 6.04 Å². The summed E-state index contributed by atoms with van der Waals surface area (Å²) in [6.45, 7) is 2.00. The average Bonchev–Trinajstić information content (AvgIpc) is 2.77. The highest BCUT2D eigenvalue weighted by atomic mass is 79.9. The first-order valence-corrected chi connectivity index (χ1v) is 7.00. The Balaban J connectivity index is 2.02. The Morgan fingerprint density at radius 1 is 1.62 bits per heavy atom. The highest BCUT2D eigenvalue weighted by molar-refractivity contribution is 9.10. The molecule has 1 fully saturated rings. The van der Waals surface area contributed by atoms with Crippen LogP contribution in [0.5, 0.6) is 0 Å². The minimum absolute atomic E-state index is 0.0479. The molecule has 0 saturated carbocycles. The van der Waals surface area contributed by atoms with E-state index < -0.39 is 0 Å². The molecule has 1 heterocycles. The second kappa shape index (κ2) is 5.21. The number of rotatable bonds is 2. The minimum atomic E-state index is -0.0612. The minimum Gasteiger partial charge on any atom is -0.325 e. The van der Waals surface area contributed by atoms with Crippen LogP contribution in [-0.2, 0) is 4.79 Å². The van der Waals surface area contributed by atoms with E-state index in [0.29, 0.717) is 0 Å².